The van der Waals surface area contributed by atoms with E-state index in [-0.39, 0.29) is 25.9 Å². The Morgan fingerprint density at radius 3 is 1.20 bits per heavy atom. The second-order valence-corrected chi connectivity index (χ2v) is 19.1. The van der Waals surface area contributed by atoms with Crippen molar-refractivity contribution >= 4 is 32.2 Å². The van der Waals surface area contributed by atoms with Gasteiger partial charge in [-0.05, 0) is 60.1 Å². The molecular formula is C42H58N8O8S2. The van der Waals surface area contributed by atoms with Gasteiger partial charge in [0.25, 0.3) is 20.4 Å². The van der Waals surface area contributed by atoms with Crippen molar-refractivity contribution < 1.29 is 36.6 Å². The number of hydrogen-bond acceptors (Lipinski definition) is 10. The highest BCUT2D eigenvalue weighted by Gasteiger charge is 2.39. The van der Waals surface area contributed by atoms with Gasteiger partial charge in [0.2, 0.25) is 11.8 Å². The number of nitrogens with zero attached hydrogens (tertiary/aromatic N) is 4. The highest BCUT2D eigenvalue weighted by Crippen LogP contribution is 2.18. The predicted molar refractivity (Wildman–Crippen MR) is 229 cm³/mol. The first-order valence-corrected chi connectivity index (χ1v) is 22.6. The highest BCUT2D eigenvalue weighted by atomic mass is 32.2. The Morgan fingerprint density at radius 2 is 0.900 bits per heavy atom. The van der Waals surface area contributed by atoms with Crippen molar-refractivity contribution in [2.24, 2.45) is 11.8 Å². The Kier molecular flexibility index (Phi) is 17.8. The lowest BCUT2D eigenvalue weighted by Gasteiger charge is -2.35. The Balaban J connectivity index is 1.60. The van der Waals surface area contributed by atoms with Crippen LogP contribution in [0.15, 0.2) is 109 Å². The van der Waals surface area contributed by atoms with Gasteiger partial charge in [0.1, 0.15) is 24.3 Å². The molecule has 0 saturated heterocycles. The van der Waals surface area contributed by atoms with Gasteiger partial charge in [-0.25, -0.2) is 0 Å². The lowest BCUT2D eigenvalue weighted by atomic mass is 9.90. The summed E-state index contributed by atoms with van der Waals surface area (Å²) in [4.78, 5) is 36.5. The lowest BCUT2D eigenvalue weighted by Crippen LogP contribution is -2.62. The summed E-state index contributed by atoms with van der Waals surface area (Å²) >= 11 is 0. The van der Waals surface area contributed by atoms with E-state index in [0.29, 0.717) is 22.5 Å². The molecule has 0 aliphatic carbocycles. The number of aliphatic hydroxyl groups is 2. The minimum Gasteiger partial charge on any atom is -0.388 e. The van der Waals surface area contributed by atoms with Gasteiger partial charge in [-0.15, -0.1) is 0 Å². The zero-order valence-corrected chi connectivity index (χ0v) is 36.4. The Hall–Kier alpha value is -4.66. The second kappa shape index (κ2) is 22.3. The summed E-state index contributed by atoms with van der Waals surface area (Å²) in [5.41, 5.74) is 2.38. The van der Waals surface area contributed by atoms with Gasteiger partial charge in [-0.3, -0.25) is 19.6 Å². The molecule has 6 atom stereocenters. The maximum Gasteiger partial charge on any atom is 0.280 e. The van der Waals surface area contributed by atoms with Crippen molar-refractivity contribution in [1.29, 1.82) is 0 Å². The first-order chi connectivity index (χ1) is 28.4. The van der Waals surface area contributed by atoms with Gasteiger partial charge in [-0.2, -0.15) is 34.9 Å². The van der Waals surface area contributed by atoms with Crippen molar-refractivity contribution in [3.8, 4) is 0 Å². The molecule has 4 aromatic rings. The molecule has 0 saturated carbocycles. The summed E-state index contributed by atoms with van der Waals surface area (Å²) in [5, 5.41) is 29.6. The number of benzene rings is 2. The fraction of sp³-hybridized carbons (Fsp3) is 0.429. The van der Waals surface area contributed by atoms with Crippen LogP contribution in [-0.4, -0.2) is 108 Å². The summed E-state index contributed by atoms with van der Waals surface area (Å²) in [7, 11) is -5.72. The van der Waals surface area contributed by atoms with Crippen LogP contribution in [-0.2, 0) is 55.9 Å². The van der Waals surface area contributed by atoms with Crippen LogP contribution in [0.25, 0.3) is 0 Å². The van der Waals surface area contributed by atoms with Crippen LogP contribution in [0.5, 0.6) is 0 Å². The summed E-state index contributed by atoms with van der Waals surface area (Å²) < 4.78 is 61.0. The molecule has 6 N–H and O–H groups in total. The van der Waals surface area contributed by atoms with Crippen molar-refractivity contribution in [1.82, 2.24) is 38.7 Å². The van der Waals surface area contributed by atoms with E-state index in [2.05, 4.69) is 30.0 Å². The average Bonchev–Trinajstić information content (AvgIpc) is 3.22. The molecule has 0 aliphatic heterocycles. The maximum atomic E-state index is 14.1. The molecule has 0 bridgehead atoms. The number of aliphatic hydroxyl groups excluding tert-OH is 2. The topological polar surface area (TPSA) is 223 Å². The maximum absolute atomic E-state index is 14.1. The monoisotopic (exact) mass is 866 g/mol. The average molecular weight is 867 g/mol. The summed E-state index contributed by atoms with van der Waals surface area (Å²) in [6, 6.07) is 23.1. The minimum absolute atomic E-state index is 0.0188. The number of amides is 2. The molecule has 2 unspecified atom stereocenters. The van der Waals surface area contributed by atoms with E-state index in [4.69, 9.17) is 0 Å². The van der Waals surface area contributed by atoms with E-state index < -0.39 is 80.4 Å². The van der Waals surface area contributed by atoms with E-state index in [1.807, 2.05) is 0 Å². The highest BCUT2D eigenvalue weighted by molar-refractivity contribution is 7.87. The van der Waals surface area contributed by atoms with Crippen molar-refractivity contribution in [3.63, 3.8) is 0 Å². The van der Waals surface area contributed by atoms with Crippen molar-refractivity contribution in [2.45, 2.75) is 90.0 Å². The Bertz CT molecular complexity index is 2000. The summed E-state index contributed by atoms with van der Waals surface area (Å²) in [6.07, 6.45) is -0.317. The van der Waals surface area contributed by atoms with E-state index in [0.717, 1.165) is 8.61 Å². The number of aromatic nitrogens is 2. The van der Waals surface area contributed by atoms with E-state index >= 15 is 0 Å². The number of carbonyl (C=O) groups is 2. The third-order valence-corrected chi connectivity index (χ3v) is 12.9. The zero-order valence-electron chi connectivity index (χ0n) is 34.8. The molecule has 0 spiro atoms. The van der Waals surface area contributed by atoms with E-state index in [1.54, 1.807) is 137 Å². The molecule has 2 aromatic heterocycles. The predicted octanol–water partition coefficient (Wildman–Crippen LogP) is 1.94. The SMILES string of the molecule is CC(C)C(NS(=O)(=O)N(C)Cc1ccccn1)C(=O)N[C@@H](Cc1ccccc1)[C@@H](O)[C@H](O)[C@H](Cc1ccccc1)NC(=O)C(NS(=O)(=O)N(C)Cc1ccccn1)C(C)C. The molecule has 18 heteroatoms. The molecule has 2 heterocycles. The molecule has 2 aromatic carbocycles. The van der Waals surface area contributed by atoms with E-state index in [9.17, 15) is 36.6 Å². The Labute approximate surface area is 354 Å². The van der Waals surface area contributed by atoms with Gasteiger partial charge < -0.3 is 20.8 Å². The fourth-order valence-corrected chi connectivity index (χ4v) is 8.73. The molecule has 60 heavy (non-hydrogen) atoms. The van der Waals surface area contributed by atoms with Crippen LogP contribution < -0.4 is 20.1 Å². The van der Waals surface area contributed by atoms with Crippen LogP contribution in [0.2, 0.25) is 0 Å². The molecule has 0 radical (unpaired) electrons. The Morgan fingerprint density at radius 1 is 0.567 bits per heavy atom. The third kappa shape index (κ3) is 14.2. The number of hydrogen-bond donors (Lipinski definition) is 6. The normalized spacial score (nSPS) is 15.3. The molecule has 0 fully saturated rings. The molecule has 16 nitrogen and oxygen atoms in total. The fourth-order valence-electron chi connectivity index (χ4n) is 6.37. The van der Waals surface area contributed by atoms with Crippen LogP contribution >= 0.6 is 0 Å². The second-order valence-electron chi connectivity index (χ2n) is 15.4. The van der Waals surface area contributed by atoms with Gasteiger partial charge in [0, 0.05) is 26.5 Å². The standard InChI is InChI=1S/C42H58N8O8S2/c1-29(2)37(47-59(55,56)49(5)27-33-21-13-15-23-43-33)41(53)45-35(25-31-17-9-7-10-18-31)39(51)40(52)36(26-32-19-11-8-12-20-32)46-42(54)38(30(3)4)48-60(57,58)50(6)28-34-22-14-16-24-44-34/h7-24,29-30,35-40,47-48,51-52H,25-28H2,1-6H3,(H,45,53)(H,46,54)/t35-,36-,37?,38?,39+,40+/m0/s1. The summed E-state index contributed by atoms with van der Waals surface area (Å²) in [5.74, 6) is -2.60. The zero-order chi connectivity index (χ0) is 44.0. The molecule has 2 amide bonds. The van der Waals surface area contributed by atoms with Gasteiger partial charge in [0.15, 0.2) is 0 Å². The summed E-state index contributed by atoms with van der Waals surface area (Å²) in [6.45, 7) is 6.57. The first kappa shape index (κ1) is 48.0. The third-order valence-electron chi connectivity index (χ3n) is 9.92. The van der Waals surface area contributed by atoms with Crippen LogP contribution in [0.1, 0.15) is 50.2 Å². The van der Waals surface area contributed by atoms with Crippen LogP contribution in [0.3, 0.4) is 0 Å². The molecule has 0 aliphatic rings. The number of nitrogens with one attached hydrogen (secondary N) is 4. The molecule has 326 valence electrons. The smallest absolute Gasteiger partial charge is 0.280 e. The largest absolute Gasteiger partial charge is 0.388 e. The van der Waals surface area contributed by atoms with Crippen molar-refractivity contribution in [3.05, 3.63) is 132 Å². The molecule has 4 rings (SSSR count). The van der Waals surface area contributed by atoms with Gasteiger partial charge in [0.05, 0.1) is 36.6 Å². The van der Waals surface area contributed by atoms with Gasteiger partial charge in [-0.1, -0.05) is 100 Å². The number of pyridine rings is 2. The molecular weight excluding hydrogens is 809 g/mol. The van der Waals surface area contributed by atoms with Crippen LogP contribution in [0, 0.1) is 11.8 Å². The minimum atomic E-state index is -4.22. The van der Waals surface area contributed by atoms with Gasteiger partial charge >= 0.3 is 0 Å². The number of carbonyl (C=O) groups excluding carboxylic acids is 2. The van der Waals surface area contributed by atoms with E-state index in [1.165, 1.54) is 14.1 Å². The van der Waals surface area contributed by atoms with Crippen LogP contribution in [0.4, 0.5) is 0 Å². The number of rotatable bonds is 23. The van der Waals surface area contributed by atoms with Crippen molar-refractivity contribution in [2.75, 3.05) is 14.1 Å². The first-order valence-electron chi connectivity index (χ1n) is 19.7. The lowest BCUT2D eigenvalue weighted by molar-refractivity contribution is -0.129. The quantitative estimate of drug-likeness (QED) is 0.0636.